The Morgan fingerprint density at radius 2 is 1.94 bits per heavy atom. The maximum atomic E-state index is 12.8. The van der Waals surface area contributed by atoms with Gasteiger partial charge in [0, 0.05) is 7.05 Å². The summed E-state index contributed by atoms with van der Waals surface area (Å²) in [6.45, 7) is 2.01. The van der Waals surface area contributed by atoms with E-state index in [4.69, 9.17) is 15.2 Å². The van der Waals surface area contributed by atoms with Gasteiger partial charge in [-0.15, -0.1) is 0 Å². The number of rotatable bonds is 7. The minimum absolute atomic E-state index is 0.158. The predicted octanol–water partition coefficient (Wildman–Crippen LogP) is 3.50. The predicted molar refractivity (Wildman–Crippen MR) is 130 cm³/mol. The van der Waals surface area contributed by atoms with E-state index in [0.717, 1.165) is 16.9 Å². The van der Waals surface area contributed by atoms with Crippen LogP contribution in [-0.4, -0.2) is 32.3 Å². The first-order chi connectivity index (χ1) is 15.9. The molecule has 0 radical (unpaired) electrons. The van der Waals surface area contributed by atoms with E-state index in [0.29, 0.717) is 27.6 Å². The van der Waals surface area contributed by atoms with Crippen molar-refractivity contribution < 1.29 is 9.47 Å². The molecule has 0 fully saturated rings. The van der Waals surface area contributed by atoms with Crippen LogP contribution in [0.4, 0.5) is 5.95 Å². The fourth-order valence-electron chi connectivity index (χ4n) is 3.39. The molecule has 0 aliphatic carbocycles. The van der Waals surface area contributed by atoms with Crippen LogP contribution in [-0.2, 0) is 13.7 Å². The van der Waals surface area contributed by atoms with Crippen LogP contribution >= 0.6 is 15.9 Å². The van der Waals surface area contributed by atoms with E-state index >= 15 is 0 Å². The van der Waals surface area contributed by atoms with Crippen molar-refractivity contribution in [2.24, 2.45) is 12.1 Å². The minimum atomic E-state index is -0.158. The molecule has 10 heteroatoms. The second kappa shape index (κ2) is 9.37. The highest BCUT2D eigenvalue weighted by molar-refractivity contribution is 9.10. The van der Waals surface area contributed by atoms with Crippen LogP contribution in [0.1, 0.15) is 17.0 Å². The molecule has 2 heterocycles. The number of ether oxygens (including phenoxy) is 2. The van der Waals surface area contributed by atoms with Gasteiger partial charge < -0.3 is 15.2 Å². The lowest BCUT2D eigenvalue weighted by Crippen LogP contribution is -2.19. The molecule has 4 rings (SSSR count). The van der Waals surface area contributed by atoms with Crippen molar-refractivity contribution in [3.8, 4) is 17.2 Å². The number of para-hydroxylation sites is 1. The van der Waals surface area contributed by atoms with E-state index in [1.807, 2.05) is 56.4 Å². The van der Waals surface area contributed by atoms with Gasteiger partial charge in [-0.2, -0.15) is 5.10 Å². The lowest BCUT2D eigenvalue weighted by molar-refractivity contribution is 0.274. The molecule has 0 aliphatic heterocycles. The van der Waals surface area contributed by atoms with E-state index < -0.39 is 0 Å². The molecular weight excluding hydrogens is 488 g/mol. The van der Waals surface area contributed by atoms with Crippen LogP contribution in [0, 0.1) is 6.92 Å². The highest BCUT2D eigenvalue weighted by atomic mass is 79.9. The molecule has 0 unspecified atom stereocenters. The van der Waals surface area contributed by atoms with Crippen LogP contribution in [0.25, 0.3) is 5.69 Å². The third kappa shape index (κ3) is 4.56. The van der Waals surface area contributed by atoms with Crippen LogP contribution in [0.2, 0.25) is 0 Å². The SMILES string of the molecule is COc1cc(C=Nn2cc(C)nc2N)ccc1OCc1c(Br)c(=O)n(-c2ccccc2)n1C. The lowest BCUT2D eigenvalue weighted by atomic mass is 10.2. The molecule has 0 atom stereocenters. The van der Waals surface area contributed by atoms with E-state index in [2.05, 4.69) is 26.0 Å². The molecular formula is C23H23BrN6O3. The number of anilines is 1. The Bertz CT molecular complexity index is 1370. The normalized spacial score (nSPS) is 11.3. The van der Waals surface area contributed by atoms with Crippen molar-refractivity contribution in [1.82, 2.24) is 19.0 Å². The van der Waals surface area contributed by atoms with Gasteiger partial charge in [0.25, 0.3) is 5.56 Å². The number of nitrogens with zero attached hydrogens (tertiary/aromatic N) is 5. The average Bonchev–Trinajstić information content (AvgIpc) is 3.25. The molecule has 0 spiro atoms. The molecule has 2 aromatic carbocycles. The third-order valence-corrected chi connectivity index (χ3v) is 5.84. The molecule has 0 amide bonds. The second-order valence-corrected chi connectivity index (χ2v) is 8.06. The summed E-state index contributed by atoms with van der Waals surface area (Å²) in [5.41, 5.74) is 8.71. The highest BCUT2D eigenvalue weighted by Crippen LogP contribution is 2.29. The highest BCUT2D eigenvalue weighted by Gasteiger charge is 2.18. The molecule has 4 aromatic rings. The summed E-state index contributed by atoms with van der Waals surface area (Å²) in [4.78, 5) is 16.9. The van der Waals surface area contributed by atoms with E-state index in [1.165, 1.54) is 4.68 Å². The van der Waals surface area contributed by atoms with Crippen LogP contribution in [0.5, 0.6) is 11.5 Å². The van der Waals surface area contributed by atoms with Gasteiger partial charge in [-0.25, -0.2) is 14.3 Å². The topological polar surface area (TPSA) is 102 Å². The first kappa shape index (κ1) is 22.4. The van der Waals surface area contributed by atoms with Gasteiger partial charge in [0.1, 0.15) is 11.1 Å². The van der Waals surface area contributed by atoms with Crippen molar-refractivity contribution in [2.75, 3.05) is 12.8 Å². The Kier molecular flexibility index (Phi) is 6.36. The van der Waals surface area contributed by atoms with Gasteiger partial charge in [0.05, 0.1) is 36.6 Å². The Balaban J connectivity index is 1.56. The quantitative estimate of drug-likeness (QED) is 0.383. The first-order valence-corrected chi connectivity index (χ1v) is 10.9. The number of benzene rings is 2. The third-order valence-electron chi connectivity index (χ3n) is 5.04. The molecule has 0 bridgehead atoms. The minimum Gasteiger partial charge on any atom is -0.493 e. The van der Waals surface area contributed by atoms with Gasteiger partial charge in [0.2, 0.25) is 5.95 Å². The van der Waals surface area contributed by atoms with E-state index in [-0.39, 0.29) is 12.2 Å². The summed E-state index contributed by atoms with van der Waals surface area (Å²) in [5, 5.41) is 4.32. The number of nitrogen functional groups attached to an aromatic ring is 1. The molecule has 0 aliphatic rings. The van der Waals surface area contributed by atoms with Crippen molar-refractivity contribution >= 4 is 28.1 Å². The maximum Gasteiger partial charge on any atom is 0.286 e. The van der Waals surface area contributed by atoms with E-state index in [9.17, 15) is 4.79 Å². The number of hydrogen-bond acceptors (Lipinski definition) is 6. The van der Waals surface area contributed by atoms with Crippen molar-refractivity contribution in [3.63, 3.8) is 0 Å². The summed E-state index contributed by atoms with van der Waals surface area (Å²) in [6.07, 6.45) is 3.40. The molecule has 2 aromatic heterocycles. The molecule has 0 saturated carbocycles. The van der Waals surface area contributed by atoms with Crippen molar-refractivity contribution in [2.45, 2.75) is 13.5 Å². The van der Waals surface area contributed by atoms with Crippen LogP contribution in [0.15, 0.2) is 69.1 Å². The van der Waals surface area contributed by atoms with Crippen LogP contribution < -0.4 is 20.8 Å². The molecule has 2 N–H and O–H groups in total. The van der Waals surface area contributed by atoms with Gasteiger partial charge >= 0.3 is 0 Å². The number of nitrogens with two attached hydrogens (primary N) is 1. The second-order valence-electron chi connectivity index (χ2n) is 7.27. The number of methoxy groups -OCH3 is 1. The number of imidazole rings is 1. The summed E-state index contributed by atoms with van der Waals surface area (Å²) in [7, 11) is 3.38. The zero-order chi connectivity index (χ0) is 23.5. The number of aryl methyl sites for hydroxylation is 1. The smallest absolute Gasteiger partial charge is 0.286 e. The molecule has 33 heavy (non-hydrogen) atoms. The zero-order valence-electron chi connectivity index (χ0n) is 18.4. The van der Waals surface area contributed by atoms with E-state index in [1.54, 1.807) is 35.0 Å². The van der Waals surface area contributed by atoms with Crippen LogP contribution in [0.3, 0.4) is 0 Å². The number of halogens is 1. The summed E-state index contributed by atoms with van der Waals surface area (Å²) in [6, 6.07) is 14.9. The van der Waals surface area contributed by atoms with Gasteiger partial charge in [-0.05, 0) is 58.7 Å². The summed E-state index contributed by atoms with van der Waals surface area (Å²) < 4.78 is 16.8. The summed E-state index contributed by atoms with van der Waals surface area (Å²) >= 11 is 3.42. The van der Waals surface area contributed by atoms with Crippen molar-refractivity contribution in [3.05, 3.63) is 86.5 Å². The number of hydrogen-bond donors (Lipinski definition) is 1. The first-order valence-electron chi connectivity index (χ1n) is 10.1. The van der Waals surface area contributed by atoms with Gasteiger partial charge in [-0.3, -0.25) is 9.48 Å². The Morgan fingerprint density at radius 3 is 2.61 bits per heavy atom. The molecule has 9 nitrogen and oxygen atoms in total. The lowest BCUT2D eigenvalue weighted by Gasteiger charge is -2.13. The zero-order valence-corrected chi connectivity index (χ0v) is 20.0. The maximum absolute atomic E-state index is 12.8. The van der Waals surface area contributed by atoms with Gasteiger partial charge in [-0.1, -0.05) is 18.2 Å². The Hall–Kier alpha value is -3.79. The summed E-state index contributed by atoms with van der Waals surface area (Å²) in [5.74, 6) is 1.39. The fourth-order valence-corrected chi connectivity index (χ4v) is 3.93. The monoisotopic (exact) mass is 510 g/mol. The Morgan fingerprint density at radius 1 is 1.18 bits per heavy atom. The molecule has 170 valence electrons. The number of aromatic nitrogens is 4. The average molecular weight is 511 g/mol. The largest absolute Gasteiger partial charge is 0.493 e. The van der Waals surface area contributed by atoms with Gasteiger partial charge in [0.15, 0.2) is 11.5 Å². The standard InChI is InChI=1S/C23H23BrN6O3/c1-15-13-29(23(25)27-15)26-12-16-9-10-19(20(11-16)32-3)33-14-18-21(24)22(31)30(28(18)2)17-7-5-4-6-8-17/h4-13H,14H2,1-3H3,(H2,25,27). The fraction of sp³-hybridized carbons (Fsp3) is 0.174. The molecule has 0 saturated heterocycles. The Labute approximate surface area is 198 Å². The van der Waals surface area contributed by atoms with Crippen molar-refractivity contribution in [1.29, 1.82) is 0 Å².